The Hall–Kier alpha value is -2.16. The second kappa shape index (κ2) is 7.61. The molecule has 0 fully saturated rings. The van der Waals surface area contributed by atoms with Gasteiger partial charge in [0.05, 0.1) is 29.5 Å². The number of esters is 1. The third-order valence-corrected chi connectivity index (χ3v) is 4.68. The van der Waals surface area contributed by atoms with E-state index in [-0.39, 0.29) is 24.5 Å². The van der Waals surface area contributed by atoms with Crippen LogP contribution < -0.4 is 5.32 Å². The van der Waals surface area contributed by atoms with E-state index in [1.165, 1.54) is 10.9 Å². The number of nitrogens with zero attached hydrogens (tertiary/aromatic N) is 4. The summed E-state index contributed by atoms with van der Waals surface area (Å²) in [5.41, 5.74) is 2.08. The van der Waals surface area contributed by atoms with E-state index >= 15 is 0 Å². The third-order valence-electron chi connectivity index (χ3n) is 3.54. The Labute approximate surface area is 148 Å². The maximum absolute atomic E-state index is 12.2. The summed E-state index contributed by atoms with van der Waals surface area (Å²) in [6.07, 6.45) is 1.60. The summed E-state index contributed by atoms with van der Waals surface area (Å²) in [7, 11) is 1.65. The van der Waals surface area contributed by atoms with Crippen molar-refractivity contribution < 1.29 is 14.3 Å². The van der Waals surface area contributed by atoms with Gasteiger partial charge in [0.2, 0.25) is 5.91 Å². The highest BCUT2D eigenvalue weighted by Gasteiger charge is 2.19. The second-order valence-electron chi connectivity index (χ2n) is 5.26. The molecule has 0 unspecified atom stereocenters. The van der Waals surface area contributed by atoms with Crippen molar-refractivity contribution in [1.29, 1.82) is 0 Å². The fourth-order valence-electron chi connectivity index (χ4n) is 2.24. The molecule has 8 nitrogen and oxygen atoms in total. The monoisotopic (exact) mass is 397 g/mol. The molecule has 24 heavy (non-hydrogen) atoms. The van der Waals surface area contributed by atoms with Crippen LogP contribution in [0.15, 0.2) is 10.7 Å². The maximum atomic E-state index is 12.2. The van der Waals surface area contributed by atoms with E-state index in [4.69, 9.17) is 4.74 Å². The standard InChI is InChI=1S/C15H20BrN5O3/c1-5-24-15(23)11-8-17-20(4)14(11)18-12(22)6-7-21-10(3)13(16)9(2)19-21/h8H,5-7H2,1-4H3,(H,18,22). The molecule has 2 rings (SSSR count). The molecule has 0 aliphatic rings. The summed E-state index contributed by atoms with van der Waals surface area (Å²) in [6.45, 7) is 6.25. The molecule has 0 radical (unpaired) electrons. The van der Waals surface area contributed by atoms with Gasteiger partial charge in [-0.05, 0) is 36.7 Å². The normalized spacial score (nSPS) is 10.7. The van der Waals surface area contributed by atoms with E-state index in [2.05, 4.69) is 31.4 Å². The average Bonchev–Trinajstić information content (AvgIpc) is 3.01. The largest absolute Gasteiger partial charge is 0.462 e. The van der Waals surface area contributed by atoms with Crippen molar-refractivity contribution in [2.45, 2.75) is 33.7 Å². The number of anilines is 1. The van der Waals surface area contributed by atoms with Crippen molar-refractivity contribution in [3.8, 4) is 0 Å². The molecular formula is C15H20BrN5O3. The van der Waals surface area contributed by atoms with Crippen molar-refractivity contribution in [3.05, 3.63) is 27.6 Å². The van der Waals surface area contributed by atoms with Gasteiger partial charge >= 0.3 is 5.97 Å². The number of aromatic nitrogens is 4. The number of aryl methyl sites for hydroxylation is 3. The minimum Gasteiger partial charge on any atom is -0.462 e. The van der Waals surface area contributed by atoms with Crippen LogP contribution in [0.5, 0.6) is 0 Å². The number of nitrogens with one attached hydrogen (secondary N) is 1. The van der Waals surface area contributed by atoms with Crippen molar-refractivity contribution >= 4 is 33.6 Å². The van der Waals surface area contributed by atoms with Crippen LogP contribution >= 0.6 is 15.9 Å². The second-order valence-corrected chi connectivity index (χ2v) is 6.05. The van der Waals surface area contributed by atoms with Crippen LogP contribution in [-0.2, 0) is 23.1 Å². The van der Waals surface area contributed by atoms with Crippen LogP contribution in [0.25, 0.3) is 0 Å². The number of ether oxygens (including phenoxy) is 1. The number of hydrogen-bond acceptors (Lipinski definition) is 5. The minimum atomic E-state index is -0.511. The van der Waals surface area contributed by atoms with Gasteiger partial charge < -0.3 is 10.1 Å². The number of hydrogen-bond donors (Lipinski definition) is 1. The number of carbonyl (C=O) groups excluding carboxylic acids is 2. The highest BCUT2D eigenvalue weighted by Crippen LogP contribution is 2.20. The van der Waals surface area contributed by atoms with Gasteiger partial charge in [-0.2, -0.15) is 10.2 Å². The van der Waals surface area contributed by atoms with Crippen molar-refractivity contribution in [3.63, 3.8) is 0 Å². The number of halogens is 1. The Morgan fingerprint density at radius 1 is 1.38 bits per heavy atom. The third kappa shape index (κ3) is 3.84. The summed E-state index contributed by atoms with van der Waals surface area (Å²) in [6, 6.07) is 0. The highest BCUT2D eigenvalue weighted by molar-refractivity contribution is 9.10. The van der Waals surface area contributed by atoms with Crippen LogP contribution in [0.4, 0.5) is 5.82 Å². The van der Waals surface area contributed by atoms with E-state index < -0.39 is 5.97 Å². The molecule has 0 aliphatic heterocycles. The molecule has 0 atom stereocenters. The van der Waals surface area contributed by atoms with E-state index in [0.717, 1.165) is 15.9 Å². The lowest BCUT2D eigenvalue weighted by atomic mass is 10.3. The Balaban J connectivity index is 2.04. The molecule has 0 aromatic carbocycles. The first-order chi connectivity index (χ1) is 11.3. The number of rotatable bonds is 6. The van der Waals surface area contributed by atoms with E-state index in [1.54, 1.807) is 18.7 Å². The first-order valence-electron chi connectivity index (χ1n) is 7.53. The summed E-state index contributed by atoms with van der Waals surface area (Å²) in [4.78, 5) is 24.1. The summed E-state index contributed by atoms with van der Waals surface area (Å²) < 4.78 is 9.11. The quantitative estimate of drug-likeness (QED) is 0.754. The van der Waals surface area contributed by atoms with Gasteiger partial charge in [-0.15, -0.1) is 0 Å². The molecule has 130 valence electrons. The molecule has 1 N–H and O–H groups in total. The molecule has 0 spiro atoms. The van der Waals surface area contributed by atoms with Crippen LogP contribution in [0.2, 0.25) is 0 Å². The predicted molar refractivity (Wildman–Crippen MR) is 91.8 cm³/mol. The molecule has 0 saturated carbocycles. The Bertz CT molecular complexity index is 765. The van der Waals surface area contributed by atoms with Crippen LogP contribution in [0.3, 0.4) is 0 Å². The zero-order chi connectivity index (χ0) is 17.9. The molecule has 0 saturated heterocycles. The van der Waals surface area contributed by atoms with Crippen molar-refractivity contribution in [2.24, 2.45) is 7.05 Å². The van der Waals surface area contributed by atoms with Gasteiger partial charge in [0.1, 0.15) is 11.4 Å². The smallest absolute Gasteiger partial charge is 0.343 e. The lowest BCUT2D eigenvalue weighted by Gasteiger charge is -2.09. The molecule has 2 aromatic heterocycles. The first-order valence-corrected chi connectivity index (χ1v) is 8.32. The van der Waals surface area contributed by atoms with Crippen molar-refractivity contribution in [1.82, 2.24) is 19.6 Å². The lowest BCUT2D eigenvalue weighted by molar-refractivity contribution is -0.116. The van der Waals surface area contributed by atoms with E-state index in [9.17, 15) is 9.59 Å². The SMILES string of the molecule is CCOC(=O)c1cnn(C)c1NC(=O)CCn1nc(C)c(Br)c1C. The molecule has 1 amide bonds. The van der Waals surface area contributed by atoms with Gasteiger partial charge in [-0.25, -0.2) is 4.79 Å². The maximum Gasteiger partial charge on any atom is 0.343 e. The Morgan fingerprint density at radius 2 is 2.08 bits per heavy atom. The van der Waals surface area contributed by atoms with Crippen LogP contribution in [0, 0.1) is 13.8 Å². The fraction of sp³-hybridized carbons (Fsp3) is 0.467. The number of amides is 1. The molecular weight excluding hydrogens is 378 g/mol. The highest BCUT2D eigenvalue weighted by atomic mass is 79.9. The topological polar surface area (TPSA) is 91.0 Å². The Morgan fingerprint density at radius 3 is 2.67 bits per heavy atom. The van der Waals surface area contributed by atoms with Gasteiger partial charge in [-0.3, -0.25) is 14.2 Å². The molecule has 2 heterocycles. The average molecular weight is 398 g/mol. The summed E-state index contributed by atoms with van der Waals surface area (Å²) in [5.74, 6) is -0.413. The van der Waals surface area contributed by atoms with Crippen molar-refractivity contribution in [2.75, 3.05) is 11.9 Å². The zero-order valence-corrected chi connectivity index (χ0v) is 15.7. The predicted octanol–water partition coefficient (Wildman–Crippen LogP) is 2.20. The van der Waals surface area contributed by atoms with Gasteiger partial charge in [0.15, 0.2) is 0 Å². The van der Waals surface area contributed by atoms with Crippen LogP contribution in [0.1, 0.15) is 35.1 Å². The first kappa shape index (κ1) is 18.2. The molecule has 9 heteroatoms. The van der Waals surface area contributed by atoms with Gasteiger partial charge in [0, 0.05) is 19.2 Å². The number of carbonyl (C=O) groups is 2. The summed E-state index contributed by atoms with van der Waals surface area (Å²) in [5, 5.41) is 11.1. The lowest BCUT2D eigenvalue weighted by Crippen LogP contribution is -2.19. The zero-order valence-electron chi connectivity index (χ0n) is 14.1. The van der Waals surface area contributed by atoms with Gasteiger partial charge in [-0.1, -0.05) is 0 Å². The van der Waals surface area contributed by atoms with E-state index in [0.29, 0.717) is 12.4 Å². The molecule has 2 aromatic rings. The summed E-state index contributed by atoms with van der Waals surface area (Å²) >= 11 is 3.46. The van der Waals surface area contributed by atoms with E-state index in [1.807, 2.05) is 13.8 Å². The minimum absolute atomic E-state index is 0.224. The molecule has 0 bridgehead atoms. The Kier molecular flexibility index (Phi) is 5.76. The van der Waals surface area contributed by atoms with Gasteiger partial charge in [0.25, 0.3) is 0 Å². The molecule has 0 aliphatic carbocycles. The van der Waals surface area contributed by atoms with Crippen LogP contribution in [-0.4, -0.2) is 38.0 Å². The fourth-order valence-corrected chi connectivity index (χ4v) is 2.52.